The van der Waals surface area contributed by atoms with Crippen molar-refractivity contribution in [2.45, 2.75) is 65.0 Å². The van der Waals surface area contributed by atoms with Gasteiger partial charge < -0.3 is 10.1 Å². The Labute approximate surface area is 196 Å². The lowest BCUT2D eigenvalue weighted by Crippen LogP contribution is -2.32. The summed E-state index contributed by atoms with van der Waals surface area (Å²) in [7, 11) is 0. The standard InChI is InChI=1S/C25H29N3O4S/c1-3-10-18(17-11-6-4-7-12-17)26-20(29)15-32-25(31)22-16(2)21-23(33-22)27-19-13-8-5-9-14-28(19)24(21)30/h4,6-7,11-12,18H,3,5,8-10,13-15H2,1-2H3,(H,26,29). The van der Waals surface area contributed by atoms with Crippen LogP contribution in [-0.4, -0.2) is 28.0 Å². The van der Waals surface area contributed by atoms with Crippen LogP contribution in [0.1, 0.15) is 71.7 Å². The highest BCUT2D eigenvalue weighted by Gasteiger charge is 2.24. The number of fused-ring (bicyclic) bond motifs is 2. The number of benzene rings is 1. The maximum absolute atomic E-state index is 13.1. The Hall–Kier alpha value is -3.00. The summed E-state index contributed by atoms with van der Waals surface area (Å²) < 4.78 is 7.07. The van der Waals surface area contributed by atoms with Crippen molar-refractivity contribution in [1.82, 2.24) is 14.9 Å². The van der Waals surface area contributed by atoms with Gasteiger partial charge in [0.25, 0.3) is 11.5 Å². The monoisotopic (exact) mass is 467 g/mol. The minimum atomic E-state index is -0.600. The van der Waals surface area contributed by atoms with E-state index in [0.29, 0.717) is 27.2 Å². The first-order valence-electron chi connectivity index (χ1n) is 11.5. The summed E-state index contributed by atoms with van der Waals surface area (Å²) in [5, 5.41) is 3.44. The van der Waals surface area contributed by atoms with Crippen LogP contribution < -0.4 is 10.9 Å². The molecule has 3 heterocycles. The van der Waals surface area contributed by atoms with Crippen LogP contribution in [0.15, 0.2) is 35.1 Å². The normalized spacial score (nSPS) is 14.4. The Bertz CT molecular complexity index is 1220. The molecule has 0 aliphatic carbocycles. The number of nitrogens with one attached hydrogen (secondary N) is 1. The lowest BCUT2D eigenvalue weighted by atomic mass is 10.0. The Morgan fingerprint density at radius 1 is 1.21 bits per heavy atom. The molecule has 0 radical (unpaired) electrons. The van der Waals surface area contributed by atoms with E-state index in [9.17, 15) is 14.4 Å². The first-order valence-corrected chi connectivity index (χ1v) is 12.4. The van der Waals surface area contributed by atoms with E-state index in [4.69, 9.17) is 4.74 Å². The highest BCUT2D eigenvalue weighted by Crippen LogP contribution is 2.29. The van der Waals surface area contributed by atoms with Gasteiger partial charge in [0, 0.05) is 13.0 Å². The number of aromatic nitrogens is 2. The molecule has 1 atom stereocenters. The molecule has 1 aliphatic rings. The van der Waals surface area contributed by atoms with E-state index in [-0.39, 0.29) is 24.1 Å². The molecule has 4 rings (SSSR count). The maximum Gasteiger partial charge on any atom is 0.349 e. The van der Waals surface area contributed by atoms with Crippen LogP contribution in [0, 0.1) is 6.92 Å². The summed E-state index contributed by atoms with van der Waals surface area (Å²) >= 11 is 1.17. The van der Waals surface area contributed by atoms with E-state index in [1.54, 1.807) is 11.5 Å². The quantitative estimate of drug-likeness (QED) is 0.523. The molecule has 3 aromatic rings. The molecule has 8 heteroatoms. The summed E-state index contributed by atoms with van der Waals surface area (Å²) in [5.74, 6) is -0.167. The number of hydrogen-bond donors (Lipinski definition) is 1. The summed E-state index contributed by atoms with van der Waals surface area (Å²) in [4.78, 5) is 43.9. The number of nitrogens with zero attached hydrogens (tertiary/aromatic N) is 2. The Morgan fingerprint density at radius 2 is 2.00 bits per heavy atom. The maximum atomic E-state index is 13.1. The molecule has 33 heavy (non-hydrogen) atoms. The van der Waals surface area contributed by atoms with Crippen molar-refractivity contribution >= 4 is 33.4 Å². The van der Waals surface area contributed by atoms with E-state index in [1.165, 1.54) is 11.3 Å². The molecule has 0 saturated carbocycles. The minimum Gasteiger partial charge on any atom is -0.451 e. The highest BCUT2D eigenvalue weighted by molar-refractivity contribution is 7.20. The fraction of sp³-hybridized carbons (Fsp3) is 0.440. The van der Waals surface area contributed by atoms with Gasteiger partial charge in [-0.2, -0.15) is 0 Å². The van der Waals surface area contributed by atoms with Gasteiger partial charge in [0.1, 0.15) is 15.5 Å². The summed E-state index contributed by atoms with van der Waals surface area (Å²) in [6.45, 7) is 4.09. The minimum absolute atomic E-state index is 0.0901. The van der Waals surface area contributed by atoms with Crippen LogP contribution in [0.25, 0.3) is 10.2 Å². The number of hydrogen-bond acceptors (Lipinski definition) is 6. The van der Waals surface area contributed by atoms with Gasteiger partial charge in [-0.3, -0.25) is 14.2 Å². The van der Waals surface area contributed by atoms with Crippen molar-refractivity contribution in [3.63, 3.8) is 0 Å². The molecule has 0 fully saturated rings. The number of aryl methyl sites for hydroxylation is 2. The number of carbonyl (C=O) groups excluding carboxylic acids is 2. The third-order valence-electron chi connectivity index (χ3n) is 6.05. The molecule has 0 spiro atoms. The van der Waals surface area contributed by atoms with Gasteiger partial charge in [-0.25, -0.2) is 9.78 Å². The second-order valence-corrected chi connectivity index (χ2v) is 9.43. The topological polar surface area (TPSA) is 90.3 Å². The van der Waals surface area contributed by atoms with Crippen molar-refractivity contribution in [2.24, 2.45) is 0 Å². The van der Waals surface area contributed by atoms with Gasteiger partial charge in [-0.1, -0.05) is 50.1 Å². The van der Waals surface area contributed by atoms with Crippen LogP contribution in [0.3, 0.4) is 0 Å². The predicted molar refractivity (Wildman–Crippen MR) is 129 cm³/mol. The van der Waals surface area contributed by atoms with Gasteiger partial charge >= 0.3 is 5.97 Å². The van der Waals surface area contributed by atoms with Gasteiger partial charge in [0.15, 0.2) is 6.61 Å². The highest BCUT2D eigenvalue weighted by atomic mass is 32.1. The number of rotatable bonds is 7. The molecular weight excluding hydrogens is 438 g/mol. The molecular formula is C25H29N3O4S. The van der Waals surface area contributed by atoms with Gasteiger partial charge in [-0.15, -0.1) is 11.3 Å². The Morgan fingerprint density at radius 3 is 2.76 bits per heavy atom. The average molecular weight is 468 g/mol. The van der Waals surface area contributed by atoms with Crippen LogP contribution in [0.2, 0.25) is 0 Å². The molecule has 0 bridgehead atoms. The third kappa shape index (κ3) is 5.00. The largest absolute Gasteiger partial charge is 0.451 e. The number of carbonyl (C=O) groups is 2. The van der Waals surface area contributed by atoms with E-state index in [1.807, 2.05) is 30.3 Å². The van der Waals surface area contributed by atoms with Crippen LogP contribution in [0.4, 0.5) is 0 Å². The molecule has 1 N–H and O–H groups in total. The van der Waals surface area contributed by atoms with Crippen molar-refractivity contribution in [2.75, 3.05) is 6.61 Å². The van der Waals surface area contributed by atoms with Gasteiger partial charge in [0.2, 0.25) is 0 Å². The van der Waals surface area contributed by atoms with Gasteiger partial charge in [0.05, 0.1) is 11.4 Å². The molecule has 0 saturated heterocycles. The first-order chi connectivity index (χ1) is 16.0. The summed E-state index contributed by atoms with van der Waals surface area (Å²) in [5.41, 5.74) is 1.50. The molecule has 1 aliphatic heterocycles. The Kier molecular flexibility index (Phi) is 7.23. The van der Waals surface area contributed by atoms with Crippen molar-refractivity contribution in [3.05, 3.63) is 62.5 Å². The van der Waals surface area contributed by atoms with E-state index >= 15 is 0 Å². The molecule has 174 valence electrons. The zero-order valence-corrected chi connectivity index (χ0v) is 19.9. The number of esters is 1. The third-order valence-corrected chi connectivity index (χ3v) is 7.21. The van der Waals surface area contributed by atoms with Crippen LogP contribution in [0.5, 0.6) is 0 Å². The zero-order chi connectivity index (χ0) is 23.4. The first kappa shape index (κ1) is 23.2. The van der Waals surface area contributed by atoms with E-state index in [2.05, 4.69) is 17.2 Å². The fourth-order valence-electron chi connectivity index (χ4n) is 4.33. The van der Waals surface area contributed by atoms with E-state index in [0.717, 1.165) is 49.9 Å². The average Bonchev–Trinajstić information content (AvgIpc) is 2.98. The zero-order valence-electron chi connectivity index (χ0n) is 19.1. The van der Waals surface area contributed by atoms with E-state index < -0.39 is 5.97 Å². The van der Waals surface area contributed by atoms with Crippen LogP contribution >= 0.6 is 11.3 Å². The lowest BCUT2D eigenvalue weighted by molar-refractivity contribution is -0.125. The second-order valence-electron chi connectivity index (χ2n) is 8.43. The fourth-order valence-corrected chi connectivity index (χ4v) is 5.42. The summed E-state index contributed by atoms with van der Waals surface area (Å²) in [6, 6.07) is 9.62. The number of thiophene rings is 1. The van der Waals surface area contributed by atoms with Crippen molar-refractivity contribution < 1.29 is 14.3 Å². The number of ether oxygens (including phenoxy) is 1. The molecule has 1 aromatic carbocycles. The molecule has 1 amide bonds. The second kappa shape index (κ2) is 10.3. The van der Waals surface area contributed by atoms with Crippen LogP contribution in [-0.2, 0) is 22.5 Å². The molecule has 2 aromatic heterocycles. The smallest absolute Gasteiger partial charge is 0.349 e. The molecule has 7 nitrogen and oxygen atoms in total. The Balaban J connectivity index is 1.47. The van der Waals surface area contributed by atoms with Gasteiger partial charge in [-0.05, 0) is 37.3 Å². The SMILES string of the molecule is CCCC(NC(=O)COC(=O)c1sc2nc3n(c(=O)c2c1C)CCCCC3)c1ccccc1. The lowest BCUT2D eigenvalue weighted by Gasteiger charge is -2.18. The van der Waals surface area contributed by atoms with Crippen molar-refractivity contribution in [3.8, 4) is 0 Å². The molecule has 1 unspecified atom stereocenters. The predicted octanol–water partition coefficient (Wildman–Crippen LogP) is 4.31. The van der Waals surface area contributed by atoms with Crippen molar-refractivity contribution in [1.29, 1.82) is 0 Å². The number of amides is 1. The summed E-state index contributed by atoms with van der Waals surface area (Å²) in [6.07, 6.45) is 5.51.